The maximum Gasteiger partial charge on any atom is 0.128 e. The third-order valence-electron chi connectivity index (χ3n) is 3.69. The van der Waals surface area contributed by atoms with E-state index in [-0.39, 0.29) is 5.82 Å². The minimum absolute atomic E-state index is 0.253. The summed E-state index contributed by atoms with van der Waals surface area (Å²) >= 11 is 0. The number of rotatable bonds is 3. The smallest absolute Gasteiger partial charge is 0.128 e. The molecule has 2 rings (SSSR count). The Hall–Kier alpha value is -1.29. The second-order valence-corrected chi connectivity index (χ2v) is 5.07. The molecule has 1 heterocycles. The zero-order valence-corrected chi connectivity index (χ0v) is 11.0. The van der Waals surface area contributed by atoms with Gasteiger partial charge in [-0.1, -0.05) is 0 Å². The average Bonchev–Trinajstić information content (AvgIpc) is 2.37. The number of benzene rings is 1. The topological polar surface area (TPSA) is 47.3 Å². The lowest BCUT2D eigenvalue weighted by Crippen LogP contribution is -2.31. The number of anilines is 2. The van der Waals surface area contributed by atoms with Crippen LogP contribution in [0.15, 0.2) is 12.1 Å². The molecule has 0 spiro atoms. The highest BCUT2D eigenvalue weighted by molar-refractivity contribution is 5.67. The van der Waals surface area contributed by atoms with Crippen LogP contribution in [0.25, 0.3) is 0 Å². The van der Waals surface area contributed by atoms with E-state index in [0.717, 1.165) is 31.7 Å². The van der Waals surface area contributed by atoms with E-state index in [1.165, 1.54) is 6.07 Å². The van der Waals surface area contributed by atoms with Crippen molar-refractivity contribution in [2.75, 3.05) is 24.3 Å². The molecule has 0 amide bonds. The lowest BCUT2D eigenvalue weighted by atomic mass is 9.92. The summed E-state index contributed by atoms with van der Waals surface area (Å²) in [6.07, 6.45) is 2.13. The Morgan fingerprint density at radius 3 is 2.72 bits per heavy atom. The molecule has 1 aromatic rings. The van der Waals surface area contributed by atoms with Crippen molar-refractivity contribution in [2.45, 2.75) is 32.7 Å². The Morgan fingerprint density at radius 2 is 2.06 bits per heavy atom. The number of ether oxygens (including phenoxy) is 1. The molecule has 18 heavy (non-hydrogen) atoms. The first-order chi connectivity index (χ1) is 8.58. The number of halogens is 1. The monoisotopic (exact) mass is 252 g/mol. The first-order valence-corrected chi connectivity index (χ1v) is 6.48. The van der Waals surface area contributed by atoms with Crippen LogP contribution in [0.2, 0.25) is 0 Å². The van der Waals surface area contributed by atoms with Gasteiger partial charge in [0, 0.05) is 19.3 Å². The SMILES string of the molecule is Cc1cc(NC(C)C2CCOCC2)c(N)cc1F. The lowest BCUT2D eigenvalue weighted by Gasteiger charge is -2.29. The van der Waals surface area contributed by atoms with E-state index in [1.54, 1.807) is 13.0 Å². The second kappa shape index (κ2) is 5.57. The molecular weight excluding hydrogens is 231 g/mol. The minimum atomic E-state index is -0.253. The van der Waals surface area contributed by atoms with Gasteiger partial charge in [0.2, 0.25) is 0 Å². The van der Waals surface area contributed by atoms with E-state index < -0.39 is 0 Å². The van der Waals surface area contributed by atoms with E-state index >= 15 is 0 Å². The number of nitrogens with two attached hydrogens (primary N) is 1. The Morgan fingerprint density at radius 1 is 1.39 bits per heavy atom. The quantitative estimate of drug-likeness (QED) is 0.813. The van der Waals surface area contributed by atoms with E-state index in [0.29, 0.717) is 23.2 Å². The molecule has 1 unspecified atom stereocenters. The first-order valence-electron chi connectivity index (χ1n) is 6.48. The van der Waals surface area contributed by atoms with Gasteiger partial charge in [-0.2, -0.15) is 0 Å². The third-order valence-corrected chi connectivity index (χ3v) is 3.69. The largest absolute Gasteiger partial charge is 0.397 e. The fraction of sp³-hybridized carbons (Fsp3) is 0.571. The highest BCUT2D eigenvalue weighted by Gasteiger charge is 2.21. The summed E-state index contributed by atoms with van der Waals surface area (Å²) < 4.78 is 18.7. The van der Waals surface area contributed by atoms with Crippen molar-refractivity contribution in [3.05, 3.63) is 23.5 Å². The van der Waals surface area contributed by atoms with Crippen LogP contribution in [0.4, 0.5) is 15.8 Å². The Labute approximate surface area is 108 Å². The van der Waals surface area contributed by atoms with Crippen LogP contribution in [0.1, 0.15) is 25.3 Å². The van der Waals surface area contributed by atoms with Crippen LogP contribution in [-0.2, 0) is 4.74 Å². The first kappa shape index (κ1) is 13.1. The van der Waals surface area contributed by atoms with Gasteiger partial charge in [-0.05, 0) is 50.3 Å². The van der Waals surface area contributed by atoms with E-state index in [2.05, 4.69) is 12.2 Å². The molecule has 1 aliphatic heterocycles. The molecule has 1 atom stereocenters. The van der Waals surface area contributed by atoms with Gasteiger partial charge in [-0.25, -0.2) is 4.39 Å². The predicted molar refractivity (Wildman–Crippen MR) is 72.2 cm³/mol. The van der Waals surface area contributed by atoms with Gasteiger partial charge in [0.05, 0.1) is 11.4 Å². The van der Waals surface area contributed by atoms with Gasteiger partial charge in [0.25, 0.3) is 0 Å². The molecule has 1 aliphatic rings. The number of nitrogen functional groups attached to an aromatic ring is 1. The second-order valence-electron chi connectivity index (χ2n) is 5.07. The van der Waals surface area contributed by atoms with Gasteiger partial charge in [0.15, 0.2) is 0 Å². The van der Waals surface area contributed by atoms with Crippen molar-refractivity contribution < 1.29 is 9.13 Å². The molecule has 1 fully saturated rings. The highest BCUT2D eigenvalue weighted by Crippen LogP contribution is 2.27. The van der Waals surface area contributed by atoms with Crippen LogP contribution in [0.3, 0.4) is 0 Å². The fourth-order valence-electron chi connectivity index (χ4n) is 2.40. The number of aryl methyl sites for hydroxylation is 1. The lowest BCUT2D eigenvalue weighted by molar-refractivity contribution is 0.0622. The molecule has 0 bridgehead atoms. The highest BCUT2D eigenvalue weighted by atomic mass is 19.1. The van der Waals surface area contributed by atoms with Crippen LogP contribution in [-0.4, -0.2) is 19.3 Å². The van der Waals surface area contributed by atoms with Gasteiger partial charge in [-0.15, -0.1) is 0 Å². The Balaban J connectivity index is 2.06. The van der Waals surface area contributed by atoms with Crippen molar-refractivity contribution in [3.8, 4) is 0 Å². The normalized spacial score (nSPS) is 18.6. The van der Waals surface area contributed by atoms with Crippen molar-refractivity contribution in [1.82, 2.24) is 0 Å². The van der Waals surface area contributed by atoms with Crippen molar-refractivity contribution in [3.63, 3.8) is 0 Å². The summed E-state index contributed by atoms with van der Waals surface area (Å²) in [6, 6.07) is 3.48. The van der Waals surface area contributed by atoms with Crippen LogP contribution < -0.4 is 11.1 Å². The summed E-state index contributed by atoms with van der Waals surface area (Å²) in [6.45, 7) is 5.55. The third kappa shape index (κ3) is 2.93. The maximum absolute atomic E-state index is 13.3. The van der Waals surface area contributed by atoms with Gasteiger partial charge in [-0.3, -0.25) is 0 Å². The Kier molecular flexibility index (Phi) is 4.07. The summed E-state index contributed by atoms with van der Waals surface area (Å²) in [4.78, 5) is 0. The summed E-state index contributed by atoms with van der Waals surface area (Å²) in [5, 5.41) is 3.40. The molecule has 100 valence electrons. The zero-order valence-electron chi connectivity index (χ0n) is 11.0. The Bertz CT molecular complexity index is 417. The van der Waals surface area contributed by atoms with E-state index in [9.17, 15) is 4.39 Å². The molecule has 3 nitrogen and oxygen atoms in total. The molecule has 0 saturated carbocycles. The van der Waals surface area contributed by atoms with E-state index in [1.807, 2.05) is 0 Å². The standard InChI is InChI=1S/C14H21FN2O/c1-9-7-14(13(16)8-12(9)15)17-10(2)11-3-5-18-6-4-11/h7-8,10-11,17H,3-6,16H2,1-2H3. The maximum atomic E-state index is 13.3. The number of hydrogen-bond donors (Lipinski definition) is 2. The van der Waals surface area contributed by atoms with Crippen molar-refractivity contribution in [2.24, 2.45) is 5.92 Å². The summed E-state index contributed by atoms with van der Waals surface area (Å²) in [7, 11) is 0. The molecule has 0 radical (unpaired) electrons. The van der Waals surface area contributed by atoms with Crippen LogP contribution >= 0.6 is 0 Å². The van der Waals surface area contributed by atoms with Gasteiger partial charge in [0.1, 0.15) is 5.82 Å². The van der Waals surface area contributed by atoms with E-state index in [4.69, 9.17) is 10.5 Å². The van der Waals surface area contributed by atoms with Crippen LogP contribution in [0.5, 0.6) is 0 Å². The number of nitrogens with one attached hydrogen (secondary N) is 1. The number of hydrogen-bond acceptors (Lipinski definition) is 3. The van der Waals surface area contributed by atoms with Crippen molar-refractivity contribution in [1.29, 1.82) is 0 Å². The average molecular weight is 252 g/mol. The molecule has 0 aliphatic carbocycles. The van der Waals surface area contributed by atoms with Gasteiger partial charge < -0.3 is 15.8 Å². The van der Waals surface area contributed by atoms with Gasteiger partial charge >= 0.3 is 0 Å². The molecule has 1 aromatic carbocycles. The predicted octanol–water partition coefficient (Wildman–Crippen LogP) is 2.94. The minimum Gasteiger partial charge on any atom is -0.397 e. The fourth-order valence-corrected chi connectivity index (χ4v) is 2.40. The molecule has 4 heteroatoms. The zero-order chi connectivity index (χ0) is 13.1. The molecule has 0 aromatic heterocycles. The molecule has 3 N–H and O–H groups in total. The summed E-state index contributed by atoms with van der Waals surface area (Å²) in [5.74, 6) is 0.334. The molecular formula is C14H21FN2O. The molecule has 1 saturated heterocycles. The van der Waals surface area contributed by atoms with Crippen LogP contribution in [0, 0.1) is 18.7 Å². The summed E-state index contributed by atoms with van der Waals surface area (Å²) in [5.41, 5.74) is 7.75. The van der Waals surface area contributed by atoms with Crippen molar-refractivity contribution >= 4 is 11.4 Å².